The van der Waals surface area contributed by atoms with Crippen molar-refractivity contribution in [3.63, 3.8) is 0 Å². The minimum atomic E-state index is -5.28. The Morgan fingerprint density at radius 3 is 2.00 bits per heavy atom. The zero-order valence-corrected chi connectivity index (χ0v) is 9.74. The first-order valence-corrected chi connectivity index (χ1v) is 4.90. The van der Waals surface area contributed by atoms with E-state index in [2.05, 4.69) is 4.74 Å². The third kappa shape index (κ3) is 3.87. The van der Waals surface area contributed by atoms with E-state index in [1.165, 1.54) is 0 Å². The Hall–Kier alpha value is -1.73. The quantitative estimate of drug-likeness (QED) is 0.604. The van der Waals surface area contributed by atoms with Crippen LogP contribution in [0.3, 0.4) is 0 Å². The van der Waals surface area contributed by atoms with Crippen LogP contribution in [0.5, 0.6) is 5.75 Å². The Morgan fingerprint density at radius 1 is 1.11 bits per heavy atom. The summed E-state index contributed by atoms with van der Waals surface area (Å²) in [5, 5.41) is 0. The number of benzene rings is 1. The van der Waals surface area contributed by atoms with Crippen LogP contribution in [0.2, 0.25) is 0 Å². The number of halogens is 6. The standard InChI is InChI=1S/C11H8F6O2/c1-5-3-7(6(2)18)4-8(19-11(15,16)17)9(5)10(12,13)14/h3-4H,1-2H3. The van der Waals surface area contributed by atoms with Crippen molar-refractivity contribution >= 4 is 5.78 Å². The molecule has 0 bridgehead atoms. The van der Waals surface area contributed by atoms with E-state index in [-0.39, 0.29) is 5.56 Å². The van der Waals surface area contributed by atoms with Crippen molar-refractivity contribution in [3.8, 4) is 5.75 Å². The number of ketones is 1. The zero-order chi connectivity index (χ0) is 15.0. The van der Waals surface area contributed by atoms with Crippen LogP contribution in [0.25, 0.3) is 0 Å². The van der Waals surface area contributed by atoms with Gasteiger partial charge < -0.3 is 4.74 Å². The van der Waals surface area contributed by atoms with Gasteiger partial charge in [-0.1, -0.05) is 0 Å². The Morgan fingerprint density at radius 2 is 1.63 bits per heavy atom. The minimum Gasteiger partial charge on any atom is -0.405 e. The molecule has 0 unspecified atom stereocenters. The molecule has 0 saturated carbocycles. The third-order valence-electron chi connectivity index (χ3n) is 2.22. The number of aryl methyl sites for hydroxylation is 1. The molecule has 1 aromatic rings. The van der Waals surface area contributed by atoms with Gasteiger partial charge in [0.2, 0.25) is 0 Å². The molecule has 0 spiro atoms. The number of rotatable bonds is 2. The second-order valence-corrected chi connectivity index (χ2v) is 3.77. The van der Waals surface area contributed by atoms with Crippen molar-refractivity contribution < 1.29 is 35.9 Å². The molecule has 0 amide bonds. The summed E-state index contributed by atoms with van der Waals surface area (Å²) in [6.45, 7) is 1.98. The maximum absolute atomic E-state index is 12.7. The molecule has 0 heterocycles. The first-order chi connectivity index (χ1) is 8.42. The van der Waals surface area contributed by atoms with Crippen molar-refractivity contribution in [1.29, 1.82) is 0 Å². The van der Waals surface area contributed by atoms with Crippen molar-refractivity contribution in [1.82, 2.24) is 0 Å². The lowest BCUT2D eigenvalue weighted by molar-refractivity contribution is -0.276. The van der Waals surface area contributed by atoms with Gasteiger partial charge in [-0.2, -0.15) is 13.2 Å². The highest BCUT2D eigenvalue weighted by atomic mass is 19.4. The van der Waals surface area contributed by atoms with Crippen LogP contribution in [0.4, 0.5) is 26.3 Å². The summed E-state index contributed by atoms with van der Waals surface area (Å²) in [5.41, 5.74) is -2.35. The molecule has 1 rings (SSSR count). The van der Waals surface area contributed by atoms with E-state index in [0.29, 0.717) is 6.07 Å². The predicted octanol–water partition coefficient (Wildman–Crippen LogP) is 4.12. The fourth-order valence-corrected chi connectivity index (χ4v) is 1.53. The summed E-state index contributed by atoms with van der Waals surface area (Å²) in [6, 6.07) is 1.31. The molecular formula is C11H8F6O2. The highest BCUT2D eigenvalue weighted by Gasteiger charge is 2.41. The van der Waals surface area contributed by atoms with E-state index in [9.17, 15) is 31.1 Å². The molecule has 19 heavy (non-hydrogen) atoms. The number of alkyl halides is 6. The smallest absolute Gasteiger partial charge is 0.405 e. The monoisotopic (exact) mass is 286 g/mol. The Bertz CT molecular complexity index is 501. The van der Waals surface area contributed by atoms with E-state index in [1.54, 1.807) is 0 Å². The largest absolute Gasteiger partial charge is 0.573 e. The van der Waals surface area contributed by atoms with Gasteiger partial charge in [0, 0.05) is 5.56 Å². The predicted molar refractivity (Wildman–Crippen MR) is 52.9 cm³/mol. The number of carbonyl (C=O) groups excluding carboxylic acids is 1. The lowest BCUT2D eigenvalue weighted by atomic mass is 10.0. The molecule has 106 valence electrons. The van der Waals surface area contributed by atoms with Gasteiger partial charge in [-0.3, -0.25) is 4.79 Å². The van der Waals surface area contributed by atoms with Gasteiger partial charge in [0.1, 0.15) is 11.3 Å². The summed E-state index contributed by atoms with van der Waals surface area (Å²) in [4.78, 5) is 11.1. The van der Waals surface area contributed by atoms with E-state index in [1.807, 2.05) is 0 Å². The van der Waals surface area contributed by atoms with Crippen LogP contribution < -0.4 is 4.74 Å². The van der Waals surface area contributed by atoms with Crippen LogP contribution in [0, 0.1) is 6.92 Å². The number of hydrogen-bond acceptors (Lipinski definition) is 2. The molecule has 0 aromatic heterocycles. The van der Waals surface area contributed by atoms with Gasteiger partial charge >= 0.3 is 12.5 Å². The normalized spacial score (nSPS) is 12.4. The molecule has 0 saturated heterocycles. The molecule has 8 heteroatoms. The maximum atomic E-state index is 12.7. The minimum absolute atomic E-state index is 0.287. The highest BCUT2D eigenvalue weighted by molar-refractivity contribution is 5.94. The van der Waals surface area contributed by atoms with Crippen molar-refractivity contribution in [2.24, 2.45) is 0 Å². The van der Waals surface area contributed by atoms with Crippen LogP contribution >= 0.6 is 0 Å². The average Bonchev–Trinajstić information content (AvgIpc) is 2.10. The van der Waals surface area contributed by atoms with Gasteiger partial charge in [-0.05, 0) is 31.5 Å². The second-order valence-electron chi connectivity index (χ2n) is 3.77. The van der Waals surface area contributed by atoms with Crippen LogP contribution in [-0.2, 0) is 6.18 Å². The molecule has 2 nitrogen and oxygen atoms in total. The van der Waals surface area contributed by atoms with Gasteiger partial charge in [-0.15, -0.1) is 13.2 Å². The molecule has 0 aliphatic carbocycles. The fourth-order valence-electron chi connectivity index (χ4n) is 1.53. The molecule has 0 fully saturated rings. The summed E-state index contributed by atoms with van der Waals surface area (Å²) in [7, 11) is 0. The number of Topliss-reactive ketones (excluding diaryl/α,β-unsaturated/α-hetero) is 1. The SMILES string of the molecule is CC(=O)c1cc(C)c(C(F)(F)F)c(OC(F)(F)F)c1. The highest BCUT2D eigenvalue weighted by Crippen LogP contribution is 2.41. The molecule has 0 radical (unpaired) electrons. The first kappa shape index (κ1) is 15.3. The van der Waals surface area contributed by atoms with Crippen molar-refractivity contribution in [3.05, 3.63) is 28.8 Å². The zero-order valence-electron chi connectivity index (χ0n) is 9.74. The van der Waals surface area contributed by atoms with Gasteiger partial charge in [0.25, 0.3) is 0 Å². The van der Waals surface area contributed by atoms with Crippen LogP contribution in [-0.4, -0.2) is 12.1 Å². The molecule has 0 aliphatic rings. The molecule has 0 N–H and O–H groups in total. The summed E-state index contributed by atoms with van der Waals surface area (Å²) in [5.74, 6) is -2.09. The van der Waals surface area contributed by atoms with Crippen LogP contribution in [0.15, 0.2) is 12.1 Å². The average molecular weight is 286 g/mol. The lowest BCUT2D eigenvalue weighted by Crippen LogP contribution is -2.21. The van der Waals surface area contributed by atoms with Gasteiger partial charge in [-0.25, -0.2) is 0 Å². The topological polar surface area (TPSA) is 26.3 Å². The molecule has 1 aromatic carbocycles. The molecular weight excluding hydrogens is 278 g/mol. The Labute approximate surface area is 104 Å². The Kier molecular flexibility index (Phi) is 3.83. The van der Waals surface area contributed by atoms with Crippen LogP contribution in [0.1, 0.15) is 28.4 Å². The lowest BCUT2D eigenvalue weighted by Gasteiger charge is -2.18. The van der Waals surface area contributed by atoms with Crippen molar-refractivity contribution in [2.75, 3.05) is 0 Å². The third-order valence-corrected chi connectivity index (χ3v) is 2.22. The van der Waals surface area contributed by atoms with E-state index < -0.39 is 35.2 Å². The van der Waals surface area contributed by atoms with Gasteiger partial charge in [0.05, 0.1) is 0 Å². The number of carbonyl (C=O) groups is 1. The van der Waals surface area contributed by atoms with E-state index in [4.69, 9.17) is 0 Å². The maximum Gasteiger partial charge on any atom is 0.573 e. The van der Waals surface area contributed by atoms with E-state index in [0.717, 1.165) is 19.9 Å². The number of hydrogen-bond donors (Lipinski definition) is 0. The summed E-state index contributed by atoms with van der Waals surface area (Å²) < 4.78 is 77.7. The summed E-state index contributed by atoms with van der Waals surface area (Å²) >= 11 is 0. The molecule has 0 atom stereocenters. The molecule has 0 aliphatic heterocycles. The fraction of sp³-hybridized carbons (Fsp3) is 0.364. The van der Waals surface area contributed by atoms with Gasteiger partial charge in [0.15, 0.2) is 5.78 Å². The van der Waals surface area contributed by atoms with E-state index >= 15 is 0 Å². The summed E-state index contributed by atoms with van der Waals surface area (Å²) in [6.07, 6.45) is -10.3. The second kappa shape index (κ2) is 4.75. The van der Waals surface area contributed by atoms with Crippen molar-refractivity contribution in [2.45, 2.75) is 26.4 Å². The number of ether oxygens (including phenoxy) is 1. The Balaban J connectivity index is 3.49. The first-order valence-electron chi connectivity index (χ1n) is 4.90.